The monoisotopic (exact) mass is 252 g/mol. The average molecular weight is 252 g/mol. The molecule has 1 fully saturated rings. The van der Waals surface area contributed by atoms with Crippen molar-refractivity contribution in [1.29, 1.82) is 0 Å². The van der Waals surface area contributed by atoms with E-state index in [9.17, 15) is 4.79 Å². The van der Waals surface area contributed by atoms with Gasteiger partial charge in [0, 0.05) is 6.54 Å². The Kier molecular flexibility index (Phi) is 4.30. The van der Waals surface area contributed by atoms with Crippen LogP contribution in [0.25, 0.3) is 0 Å². The summed E-state index contributed by atoms with van der Waals surface area (Å²) in [7, 11) is 0. The second kappa shape index (κ2) is 5.95. The number of rotatable bonds is 4. The zero-order valence-corrected chi connectivity index (χ0v) is 10.7. The van der Waals surface area contributed by atoms with Gasteiger partial charge in [-0.3, -0.25) is 4.68 Å². The third-order valence-electron chi connectivity index (χ3n) is 3.40. The highest BCUT2D eigenvalue weighted by Gasteiger charge is 2.26. The first-order valence-electron chi connectivity index (χ1n) is 6.52. The summed E-state index contributed by atoms with van der Waals surface area (Å²) in [5, 5.41) is 7.63. The van der Waals surface area contributed by atoms with Crippen molar-refractivity contribution in [3.05, 3.63) is 11.9 Å². The van der Waals surface area contributed by atoms with Crippen LogP contribution in [0.1, 0.15) is 43.1 Å². The molecule has 0 bridgehead atoms. The molecular weight excluding hydrogens is 232 g/mol. The number of ether oxygens (including phenoxy) is 1. The Morgan fingerprint density at radius 1 is 1.56 bits per heavy atom. The van der Waals surface area contributed by atoms with Gasteiger partial charge in [-0.05, 0) is 25.2 Å². The van der Waals surface area contributed by atoms with E-state index in [1.54, 1.807) is 10.9 Å². The minimum absolute atomic E-state index is 0.0194. The molecule has 1 aromatic rings. The van der Waals surface area contributed by atoms with Crippen LogP contribution < -0.4 is 5.73 Å². The third-order valence-corrected chi connectivity index (χ3v) is 3.40. The van der Waals surface area contributed by atoms with Crippen molar-refractivity contribution in [2.45, 2.75) is 45.3 Å². The number of hydrogen-bond donors (Lipinski definition) is 1. The molecule has 1 aromatic heterocycles. The lowest BCUT2D eigenvalue weighted by Crippen LogP contribution is -2.28. The van der Waals surface area contributed by atoms with Gasteiger partial charge in [0.15, 0.2) is 5.69 Å². The predicted molar refractivity (Wildman–Crippen MR) is 65.9 cm³/mol. The molecule has 2 N–H and O–H groups in total. The number of aromatic nitrogens is 3. The van der Waals surface area contributed by atoms with Crippen LogP contribution in [-0.4, -0.2) is 33.6 Å². The SMILES string of the molecule is CC1CCCCC1OC(=O)c1cn(CCN)nn1. The molecule has 2 unspecified atom stereocenters. The van der Waals surface area contributed by atoms with Gasteiger partial charge in [0.2, 0.25) is 0 Å². The van der Waals surface area contributed by atoms with Gasteiger partial charge in [-0.1, -0.05) is 18.6 Å². The number of nitrogens with two attached hydrogens (primary N) is 1. The molecule has 0 amide bonds. The first-order chi connectivity index (χ1) is 8.70. The van der Waals surface area contributed by atoms with Crippen LogP contribution in [0.4, 0.5) is 0 Å². The fourth-order valence-corrected chi connectivity index (χ4v) is 2.29. The Bertz CT molecular complexity index is 405. The average Bonchev–Trinajstić information content (AvgIpc) is 2.81. The summed E-state index contributed by atoms with van der Waals surface area (Å²) in [6.45, 7) is 3.15. The molecule has 1 saturated carbocycles. The summed E-state index contributed by atoms with van der Waals surface area (Å²) in [5.41, 5.74) is 5.67. The molecule has 6 nitrogen and oxygen atoms in total. The summed E-state index contributed by atoms with van der Waals surface area (Å²) in [4.78, 5) is 11.9. The lowest BCUT2D eigenvalue weighted by Gasteiger charge is -2.27. The van der Waals surface area contributed by atoms with Gasteiger partial charge in [0.05, 0.1) is 12.7 Å². The zero-order valence-electron chi connectivity index (χ0n) is 10.7. The van der Waals surface area contributed by atoms with Gasteiger partial charge in [-0.2, -0.15) is 0 Å². The van der Waals surface area contributed by atoms with Crippen molar-refractivity contribution < 1.29 is 9.53 Å². The first kappa shape index (κ1) is 13.0. The number of esters is 1. The normalized spacial score (nSPS) is 23.9. The molecular formula is C12H20N4O2. The molecule has 2 rings (SSSR count). The molecule has 1 aliphatic rings. The first-order valence-corrected chi connectivity index (χ1v) is 6.52. The van der Waals surface area contributed by atoms with E-state index in [0.717, 1.165) is 19.3 Å². The predicted octanol–water partition coefficient (Wildman–Crippen LogP) is 0.972. The van der Waals surface area contributed by atoms with Crippen molar-refractivity contribution in [2.75, 3.05) is 6.54 Å². The second-order valence-electron chi connectivity index (χ2n) is 4.86. The molecule has 100 valence electrons. The summed E-state index contributed by atoms with van der Waals surface area (Å²) >= 11 is 0. The van der Waals surface area contributed by atoms with Crippen LogP contribution >= 0.6 is 0 Å². The number of carbonyl (C=O) groups excluding carboxylic acids is 1. The maximum atomic E-state index is 11.9. The third kappa shape index (κ3) is 3.07. The Labute approximate surface area is 106 Å². The van der Waals surface area contributed by atoms with Crippen LogP contribution in [0, 0.1) is 5.92 Å². The molecule has 18 heavy (non-hydrogen) atoms. The van der Waals surface area contributed by atoms with E-state index in [-0.39, 0.29) is 17.8 Å². The molecule has 0 spiro atoms. The Balaban J connectivity index is 1.93. The largest absolute Gasteiger partial charge is 0.457 e. The summed E-state index contributed by atoms with van der Waals surface area (Å²) < 4.78 is 7.05. The molecule has 0 aliphatic heterocycles. The van der Waals surface area contributed by atoms with E-state index in [4.69, 9.17) is 10.5 Å². The van der Waals surface area contributed by atoms with Crippen LogP contribution in [0.2, 0.25) is 0 Å². The van der Waals surface area contributed by atoms with Crippen LogP contribution in [0.15, 0.2) is 6.20 Å². The molecule has 1 aliphatic carbocycles. The van der Waals surface area contributed by atoms with Crippen LogP contribution in [-0.2, 0) is 11.3 Å². The topological polar surface area (TPSA) is 83.0 Å². The highest BCUT2D eigenvalue weighted by molar-refractivity contribution is 5.86. The smallest absolute Gasteiger partial charge is 0.360 e. The van der Waals surface area contributed by atoms with E-state index in [2.05, 4.69) is 17.2 Å². The molecule has 0 aromatic carbocycles. The van der Waals surface area contributed by atoms with E-state index < -0.39 is 0 Å². The van der Waals surface area contributed by atoms with Gasteiger partial charge < -0.3 is 10.5 Å². The maximum Gasteiger partial charge on any atom is 0.360 e. The van der Waals surface area contributed by atoms with E-state index in [1.807, 2.05) is 0 Å². The lowest BCUT2D eigenvalue weighted by molar-refractivity contribution is 0.00419. The van der Waals surface area contributed by atoms with Crippen molar-refractivity contribution in [3.63, 3.8) is 0 Å². The highest BCUT2D eigenvalue weighted by atomic mass is 16.5. The maximum absolute atomic E-state index is 11.9. The zero-order chi connectivity index (χ0) is 13.0. The second-order valence-corrected chi connectivity index (χ2v) is 4.86. The highest BCUT2D eigenvalue weighted by Crippen LogP contribution is 2.26. The van der Waals surface area contributed by atoms with Crippen molar-refractivity contribution in [2.24, 2.45) is 11.7 Å². The molecule has 1 heterocycles. The molecule has 2 atom stereocenters. The molecule has 0 saturated heterocycles. The lowest BCUT2D eigenvalue weighted by atomic mass is 9.88. The summed E-state index contributed by atoms with van der Waals surface area (Å²) in [5.74, 6) is 0.0545. The van der Waals surface area contributed by atoms with Gasteiger partial charge in [0.25, 0.3) is 0 Å². The summed E-state index contributed by atoms with van der Waals surface area (Å²) in [6.07, 6.45) is 6.03. The van der Waals surface area contributed by atoms with Gasteiger partial charge in [0.1, 0.15) is 6.10 Å². The fourth-order valence-electron chi connectivity index (χ4n) is 2.29. The number of nitrogens with zero attached hydrogens (tertiary/aromatic N) is 3. The standard InChI is InChI=1S/C12H20N4O2/c1-9-4-2-3-5-11(9)18-12(17)10-8-16(7-6-13)15-14-10/h8-9,11H,2-7,13H2,1H3. The van der Waals surface area contributed by atoms with Gasteiger partial charge in [-0.15, -0.1) is 5.10 Å². The fraction of sp³-hybridized carbons (Fsp3) is 0.750. The van der Waals surface area contributed by atoms with Gasteiger partial charge in [-0.25, -0.2) is 4.79 Å². The number of carbonyl (C=O) groups is 1. The van der Waals surface area contributed by atoms with Crippen LogP contribution in [0.3, 0.4) is 0 Å². The molecule has 6 heteroatoms. The van der Waals surface area contributed by atoms with Gasteiger partial charge >= 0.3 is 5.97 Å². The number of hydrogen-bond acceptors (Lipinski definition) is 5. The van der Waals surface area contributed by atoms with Crippen molar-refractivity contribution in [1.82, 2.24) is 15.0 Å². The summed E-state index contributed by atoms with van der Waals surface area (Å²) in [6, 6.07) is 0. The van der Waals surface area contributed by atoms with E-state index >= 15 is 0 Å². The minimum atomic E-state index is -0.378. The quantitative estimate of drug-likeness (QED) is 0.807. The Morgan fingerprint density at radius 2 is 2.33 bits per heavy atom. The van der Waals surface area contributed by atoms with Crippen molar-refractivity contribution in [3.8, 4) is 0 Å². The Hall–Kier alpha value is -1.43. The molecule has 0 radical (unpaired) electrons. The van der Waals surface area contributed by atoms with E-state index in [0.29, 0.717) is 19.0 Å². The van der Waals surface area contributed by atoms with Crippen molar-refractivity contribution >= 4 is 5.97 Å². The van der Waals surface area contributed by atoms with Crippen LogP contribution in [0.5, 0.6) is 0 Å². The minimum Gasteiger partial charge on any atom is -0.457 e. The Morgan fingerprint density at radius 3 is 3.06 bits per heavy atom. The van der Waals surface area contributed by atoms with E-state index in [1.165, 1.54) is 6.42 Å².